The summed E-state index contributed by atoms with van der Waals surface area (Å²) in [5, 5.41) is 0. The monoisotopic (exact) mass is 327 g/mol. The fourth-order valence-corrected chi connectivity index (χ4v) is 3.96. The van der Waals surface area contributed by atoms with E-state index in [9.17, 15) is 0 Å². The first-order valence-corrected chi connectivity index (χ1v) is 9.32. The van der Waals surface area contributed by atoms with Gasteiger partial charge < -0.3 is 0 Å². The van der Waals surface area contributed by atoms with Gasteiger partial charge in [-0.05, 0) is 58.5 Å². The fraction of sp³-hybridized carbons (Fsp3) is 0.250. The summed E-state index contributed by atoms with van der Waals surface area (Å²) in [6, 6.07) is 24.7. The molecule has 0 saturated heterocycles. The van der Waals surface area contributed by atoms with E-state index in [2.05, 4.69) is 85.5 Å². The first-order valence-electron chi connectivity index (χ1n) is 9.32. The smallest absolute Gasteiger partial charge is 0.0233 e. The highest BCUT2D eigenvalue weighted by Gasteiger charge is 2.18. The predicted molar refractivity (Wildman–Crippen MR) is 107 cm³/mol. The predicted octanol–water partition coefficient (Wildman–Crippen LogP) is 5.77. The van der Waals surface area contributed by atoms with E-state index < -0.39 is 0 Å². The van der Waals surface area contributed by atoms with Crippen LogP contribution in [0.2, 0.25) is 0 Å². The third kappa shape index (κ3) is 3.01. The van der Waals surface area contributed by atoms with Crippen molar-refractivity contribution in [1.29, 1.82) is 0 Å². The summed E-state index contributed by atoms with van der Waals surface area (Å²) < 4.78 is 0. The Labute approximate surface area is 150 Å². The van der Waals surface area contributed by atoms with E-state index in [1.54, 1.807) is 0 Å². The van der Waals surface area contributed by atoms with Gasteiger partial charge >= 0.3 is 0 Å². The Bertz CT molecular complexity index is 890. The molecule has 0 amide bonds. The van der Waals surface area contributed by atoms with Gasteiger partial charge in [-0.2, -0.15) is 0 Å². The average Bonchev–Trinajstić information content (AvgIpc) is 2.80. The van der Waals surface area contributed by atoms with Crippen LogP contribution in [0.15, 0.2) is 66.7 Å². The Morgan fingerprint density at radius 2 is 1.28 bits per heavy atom. The second kappa shape index (κ2) is 6.85. The van der Waals surface area contributed by atoms with Gasteiger partial charge in [-0.15, -0.1) is 0 Å². The van der Waals surface area contributed by atoms with Gasteiger partial charge in [-0.1, -0.05) is 80.6 Å². The van der Waals surface area contributed by atoms with Gasteiger partial charge in [0.2, 0.25) is 0 Å². The van der Waals surface area contributed by atoms with Crippen LogP contribution in [0, 0.1) is 0 Å². The lowest BCUT2D eigenvalue weighted by Gasteiger charge is -2.19. The SMILES string of the molecule is CCN(CC)Cc1ccc2c(c1)Cc1ccccc1-c1ccccc1-2. The van der Waals surface area contributed by atoms with Gasteiger partial charge in [-0.25, -0.2) is 0 Å². The topological polar surface area (TPSA) is 3.24 Å². The quantitative estimate of drug-likeness (QED) is 0.460. The van der Waals surface area contributed by atoms with Crippen molar-refractivity contribution in [3.8, 4) is 22.3 Å². The molecule has 0 atom stereocenters. The van der Waals surface area contributed by atoms with Crippen LogP contribution in [0.5, 0.6) is 0 Å². The lowest BCUT2D eigenvalue weighted by atomic mass is 9.94. The number of benzene rings is 3. The number of hydrogen-bond donors (Lipinski definition) is 0. The van der Waals surface area contributed by atoms with Gasteiger partial charge in [-0.3, -0.25) is 4.90 Å². The molecule has 0 heterocycles. The molecule has 0 unspecified atom stereocenters. The molecule has 0 bridgehead atoms. The molecule has 0 fully saturated rings. The number of nitrogens with zero attached hydrogens (tertiary/aromatic N) is 1. The zero-order valence-corrected chi connectivity index (χ0v) is 15.1. The van der Waals surface area contributed by atoms with E-state index in [-0.39, 0.29) is 0 Å². The Kier molecular flexibility index (Phi) is 4.42. The molecule has 1 aliphatic rings. The maximum atomic E-state index is 2.47. The van der Waals surface area contributed by atoms with E-state index in [1.165, 1.54) is 38.9 Å². The maximum Gasteiger partial charge on any atom is 0.0233 e. The molecular formula is C24H25N. The minimum Gasteiger partial charge on any atom is -0.300 e. The highest BCUT2D eigenvalue weighted by Crippen LogP contribution is 2.40. The van der Waals surface area contributed by atoms with E-state index in [4.69, 9.17) is 0 Å². The highest BCUT2D eigenvalue weighted by molar-refractivity contribution is 5.88. The zero-order chi connectivity index (χ0) is 17.2. The third-order valence-electron chi connectivity index (χ3n) is 5.38. The largest absolute Gasteiger partial charge is 0.300 e. The molecule has 0 N–H and O–H groups in total. The van der Waals surface area contributed by atoms with E-state index in [0.717, 1.165) is 26.1 Å². The Balaban J connectivity index is 1.84. The molecule has 0 spiro atoms. The van der Waals surface area contributed by atoms with Crippen molar-refractivity contribution in [1.82, 2.24) is 4.90 Å². The molecule has 1 heteroatoms. The molecule has 3 aromatic rings. The van der Waals surface area contributed by atoms with Crippen molar-refractivity contribution in [3.63, 3.8) is 0 Å². The molecule has 1 aliphatic carbocycles. The van der Waals surface area contributed by atoms with E-state index in [0.29, 0.717) is 0 Å². The summed E-state index contributed by atoms with van der Waals surface area (Å²) in [5.74, 6) is 0. The van der Waals surface area contributed by atoms with Crippen molar-refractivity contribution >= 4 is 0 Å². The van der Waals surface area contributed by atoms with Crippen molar-refractivity contribution in [2.24, 2.45) is 0 Å². The molecule has 3 aromatic carbocycles. The van der Waals surface area contributed by atoms with Gasteiger partial charge in [0.05, 0.1) is 0 Å². The molecule has 25 heavy (non-hydrogen) atoms. The van der Waals surface area contributed by atoms with Crippen LogP contribution in [-0.2, 0) is 13.0 Å². The zero-order valence-electron chi connectivity index (χ0n) is 15.1. The van der Waals surface area contributed by atoms with E-state index in [1.807, 2.05) is 0 Å². The summed E-state index contributed by atoms with van der Waals surface area (Å²) in [7, 11) is 0. The average molecular weight is 327 g/mol. The van der Waals surface area contributed by atoms with E-state index >= 15 is 0 Å². The molecule has 0 aliphatic heterocycles. The molecule has 4 rings (SSSR count). The first-order chi connectivity index (χ1) is 12.3. The Morgan fingerprint density at radius 1 is 0.680 bits per heavy atom. The summed E-state index contributed by atoms with van der Waals surface area (Å²) in [6.45, 7) is 7.70. The van der Waals surface area contributed by atoms with Gasteiger partial charge in [0, 0.05) is 6.54 Å². The molecule has 0 radical (unpaired) electrons. The summed E-state index contributed by atoms with van der Waals surface area (Å²) in [4.78, 5) is 2.47. The van der Waals surface area contributed by atoms with Gasteiger partial charge in [0.15, 0.2) is 0 Å². The van der Waals surface area contributed by atoms with Gasteiger partial charge in [0.1, 0.15) is 0 Å². The lowest BCUT2D eigenvalue weighted by Crippen LogP contribution is -2.22. The summed E-state index contributed by atoms with van der Waals surface area (Å²) in [6.07, 6.45) is 1.01. The number of fused-ring (bicyclic) bond motifs is 5. The van der Waals surface area contributed by atoms with Gasteiger partial charge in [0.25, 0.3) is 0 Å². The van der Waals surface area contributed by atoms with Crippen LogP contribution >= 0.6 is 0 Å². The maximum absolute atomic E-state index is 2.47. The standard InChI is InChI=1S/C24H25N/c1-3-25(4-2)17-18-13-14-22-20(15-18)16-19-9-5-6-10-21(19)23-11-7-8-12-24(22)23/h5-15H,3-4,16-17H2,1-2H3. The van der Waals surface area contributed by atoms with Crippen LogP contribution in [-0.4, -0.2) is 18.0 Å². The third-order valence-corrected chi connectivity index (χ3v) is 5.38. The second-order valence-electron chi connectivity index (χ2n) is 6.83. The number of hydrogen-bond acceptors (Lipinski definition) is 1. The summed E-state index contributed by atoms with van der Waals surface area (Å²) >= 11 is 0. The summed E-state index contributed by atoms with van der Waals surface area (Å²) in [5.41, 5.74) is 9.76. The molecule has 126 valence electrons. The van der Waals surface area contributed by atoms with Crippen LogP contribution in [0.1, 0.15) is 30.5 Å². The molecule has 1 nitrogen and oxygen atoms in total. The van der Waals surface area contributed by atoms with Crippen LogP contribution in [0.3, 0.4) is 0 Å². The van der Waals surface area contributed by atoms with Crippen LogP contribution in [0.25, 0.3) is 22.3 Å². The first kappa shape index (κ1) is 16.1. The molecular weight excluding hydrogens is 302 g/mol. The van der Waals surface area contributed by atoms with Crippen molar-refractivity contribution < 1.29 is 0 Å². The Hall–Kier alpha value is -2.38. The minimum atomic E-state index is 1.01. The number of rotatable bonds is 4. The van der Waals surface area contributed by atoms with Crippen LogP contribution < -0.4 is 0 Å². The molecule has 0 aromatic heterocycles. The lowest BCUT2D eigenvalue weighted by molar-refractivity contribution is 0.296. The molecule has 0 saturated carbocycles. The Morgan fingerprint density at radius 3 is 1.96 bits per heavy atom. The second-order valence-corrected chi connectivity index (χ2v) is 6.83. The van der Waals surface area contributed by atoms with Crippen LogP contribution in [0.4, 0.5) is 0 Å². The fourth-order valence-electron chi connectivity index (χ4n) is 3.96. The minimum absolute atomic E-state index is 1.01. The van der Waals surface area contributed by atoms with Crippen molar-refractivity contribution in [3.05, 3.63) is 83.4 Å². The van der Waals surface area contributed by atoms with Crippen molar-refractivity contribution in [2.45, 2.75) is 26.8 Å². The normalized spacial score (nSPS) is 12.3. The van der Waals surface area contributed by atoms with Crippen molar-refractivity contribution in [2.75, 3.05) is 13.1 Å². The highest BCUT2D eigenvalue weighted by atomic mass is 15.1.